The van der Waals surface area contributed by atoms with E-state index in [1.165, 1.54) is 0 Å². The second kappa shape index (κ2) is 7.22. The minimum absolute atomic E-state index is 0.0737. The summed E-state index contributed by atoms with van der Waals surface area (Å²) >= 11 is 0. The summed E-state index contributed by atoms with van der Waals surface area (Å²) in [5, 5.41) is 1.59. The molecule has 3 aromatic rings. The highest BCUT2D eigenvalue weighted by molar-refractivity contribution is 6.06. The van der Waals surface area contributed by atoms with Crippen molar-refractivity contribution in [3.63, 3.8) is 0 Å². The maximum atomic E-state index is 12.6. The molecule has 0 fully saturated rings. The maximum absolute atomic E-state index is 12.6. The Bertz CT molecular complexity index is 959. The van der Waals surface area contributed by atoms with Crippen molar-refractivity contribution in [2.24, 2.45) is 0 Å². The van der Waals surface area contributed by atoms with Crippen LogP contribution in [0.1, 0.15) is 16.2 Å². The van der Waals surface area contributed by atoms with Gasteiger partial charge in [-0.25, -0.2) is 4.79 Å². The van der Waals surface area contributed by atoms with Crippen LogP contribution in [0, 0.1) is 0 Å². The number of hydrogen-bond donors (Lipinski definition) is 1. The number of anilines is 2. The minimum Gasteiger partial charge on any atom is -0.496 e. The maximum Gasteiger partial charge on any atom is 0.339 e. The van der Waals surface area contributed by atoms with E-state index < -0.39 is 5.97 Å². The third kappa shape index (κ3) is 3.49. The van der Waals surface area contributed by atoms with Gasteiger partial charge in [-0.3, -0.25) is 0 Å². The predicted octanol–water partition coefficient (Wildman–Crippen LogP) is 2.04. The molecule has 2 aromatic carbocycles. The van der Waals surface area contributed by atoms with Crippen LogP contribution < -0.4 is 15.4 Å². The number of carbonyl (C=O) groups excluding carboxylic acids is 1. The van der Waals surface area contributed by atoms with Gasteiger partial charge in [0.25, 0.3) is 0 Å². The smallest absolute Gasteiger partial charge is 0.339 e. The number of nitrogens with two attached hydrogens (primary N) is 1. The van der Waals surface area contributed by atoms with Crippen molar-refractivity contribution in [3.8, 4) is 5.75 Å². The van der Waals surface area contributed by atoms with E-state index >= 15 is 0 Å². The predicted molar refractivity (Wildman–Crippen MR) is 98.2 cm³/mol. The lowest BCUT2D eigenvalue weighted by molar-refractivity contribution is 0.0464. The largest absolute Gasteiger partial charge is 0.496 e. The number of rotatable bonds is 5. The summed E-state index contributed by atoms with van der Waals surface area (Å²) in [7, 11) is 5.16. The number of fused-ring (bicyclic) bond motifs is 1. The summed E-state index contributed by atoms with van der Waals surface area (Å²) in [6.07, 6.45) is 0. The second-order valence-electron chi connectivity index (χ2n) is 5.74. The molecule has 0 amide bonds. The number of esters is 1. The van der Waals surface area contributed by atoms with Crippen LogP contribution in [0.5, 0.6) is 5.75 Å². The molecule has 134 valence electrons. The summed E-state index contributed by atoms with van der Waals surface area (Å²) in [5.74, 6) is 0.975. The first-order valence-corrected chi connectivity index (χ1v) is 7.90. The van der Waals surface area contributed by atoms with E-state index in [1.807, 2.05) is 24.3 Å². The van der Waals surface area contributed by atoms with Crippen molar-refractivity contribution in [1.29, 1.82) is 0 Å². The molecular weight excluding hydrogens is 334 g/mol. The van der Waals surface area contributed by atoms with Crippen molar-refractivity contribution in [2.75, 3.05) is 31.8 Å². The summed E-state index contributed by atoms with van der Waals surface area (Å²) in [6.45, 7) is -0.104. The van der Waals surface area contributed by atoms with E-state index in [0.717, 1.165) is 10.8 Å². The normalized spacial score (nSPS) is 10.6. The Kier molecular flexibility index (Phi) is 4.83. The van der Waals surface area contributed by atoms with Crippen LogP contribution in [0.2, 0.25) is 0 Å². The first-order valence-electron chi connectivity index (χ1n) is 7.90. The van der Waals surface area contributed by atoms with E-state index in [2.05, 4.69) is 15.0 Å². The van der Waals surface area contributed by atoms with E-state index in [4.69, 9.17) is 15.2 Å². The van der Waals surface area contributed by atoms with Crippen LogP contribution in [0.15, 0.2) is 36.4 Å². The molecule has 8 nitrogen and oxygen atoms in total. The lowest BCUT2D eigenvalue weighted by Gasteiger charge is -2.12. The van der Waals surface area contributed by atoms with Gasteiger partial charge < -0.3 is 20.1 Å². The van der Waals surface area contributed by atoms with Gasteiger partial charge in [0.1, 0.15) is 5.75 Å². The lowest BCUT2D eigenvalue weighted by Crippen LogP contribution is -2.17. The Morgan fingerprint density at radius 2 is 1.81 bits per heavy atom. The van der Waals surface area contributed by atoms with Crippen molar-refractivity contribution < 1.29 is 14.3 Å². The Morgan fingerprint density at radius 3 is 2.50 bits per heavy atom. The lowest BCUT2D eigenvalue weighted by atomic mass is 10.0. The van der Waals surface area contributed by atoms with Gasteiger partial charge in [-0.05, 0) is 17.5 Å². The minimum atomic E-state index is -0.478. The molecule has 0 unspecified atom stereocenters. The third-order valence-corrected chi connectivity index (χ3v) is 3.74. The van der Waals surface area contributed by atoms with Crippen LogP contribution in [0.3, 0.4) is 0 Å². The molecule has 0 atom stereocenters. The Labute approximate surface area is 150 Å². The molecule has 26 heavy (non-hydrogen) atoms. The van der Waals surface area contributed by atoms with Crippen LogP contribution in [-0.4, -0.2) is 42.1 Å². The number of nitrogens with zero attached hydrogens (tertiary/aromatic N) is 4. The second-order valence-corrected chi connectivity index (χ2v) is 5.74. The number of hydrogen-bond acceptors (Lipinski definition) is 8. The molecule has 2 N–H and O–H groups in total. The highest BCUT2D eigenvalue weighted by atomic mass is 16.5. The molecule has 0 bridgehead atoms. The average molecular weight is 353 g/mol. The first kappa shape index (κ1) is 17.4. The summed E-state index contributed by atoms with van der Waals surface area (Å²) in [4.78, 5) is 26.5. The van der Waals surface area contributed by atoms with Gasteiger partial charge in [-0.2, -0.15) is 15.0 Å². The SMILES string of the molecule is COc1ccc(C(=O)OCc2nc(N)nc(N(C)C)n2)c2ccccc12. The molecule has 8 heteroatoms. The van der Waals surface area contributed by atoms with Crippen LogP contribution in [0.4, 0.5) is 11.9 Å². The molecule has 0 spiro atoms. The van der Waals surface area contributed by atoms with E-state index in [9.17, 15) is 4.79 Å². The van der Waals surface area contributed by atoms with Gasteiger partial charge in [-0.15, -0.1) is 0 Å². The van der Waals surface area contributed by atoms with E-state index in [0.29, 0.717) is 17.3 Å². The van der Waals surface area contributed by atoms with E-state index in [1.54, 1.807) is 38.2 Å². The fraction of sp³-hybridized carbons (Fsp3) is 0.222. The molecule has 0 aliphatic rings. The van der Waals surface area contributed by atoms with Crippen LogP contribution in [0.25, 0.3) is 10.8 Å². The molecule has 0 radical (unpaired) electrons. The van der Waals surface area contributed by atoms with Crippen molar-refractivity contribution >= 4 is 28.6 Å². The summed E-state index contributed by atoms with van der Waals surface area (Å²) < 4.78 is 10.7. The molecule has 0 saturated carbocycles. The first-order chi connectivity index (χ1) is 12.5. The summed E-state index contributed by atoms with van der Waals surface area (Å²) in [6, 6.07) is 10.9. The molecule has 0 saturated heterocycles. The number of methoxy groups -OCH3 is 1. The zero-order valence-corrected chi connectivity index (χ0v) is 14.8. The fourth-order valence-corrected chi connectivity index (χ4v) is 2.52. The van der Waals surface area contributed by atoms with Gasteiger partial charge >= 0.3 is 5.97 Å². The number of aromatic nitrogens is 3. The van der Waals surface area contributed by atoms with Gasteiger partial charge in [0.15, 0.2) is 12.4 Å². The van der Waals surface area contributed by atoms with Crippen molar-refractivity contribution in [2.45, 2.75) is 6.61 Å². The van der Waals surface area contributed by atoms with Crippen LogP contribution >= 0.6 is 0 Å². The van der Waals surface area contributed by atoms with Gasteiger partial charge in [0.05, 0.1) is 12.7 Å². The van der Waals surface area contributed by atoms with Crippen LogP contribution in [-0.2, 0) is 11.3 Å². The molecule has 1 aromatic heterocycles. The van der Waals surface area contributed by atoms with E-state index in [-0.39, 0.29) is 18.4 Å². The monoisotopic (exact) mass is 353 g/mol. The average Bonchev–Trinajstić information content (AvgIpc) is 2.64. The summed E-state index contributed by atoms with van der Waals surface area (Å²) in [5.41, 5.74) is 6.12. The molecule has 0 aliphatic heterocycles. The number of carbonyl (C=O) groups is 1. The molecule has 3 rings (SSSR count). The highest BCUT2D eigenvalue weighted by Gasteiger charge is 2.15. The standard InChI is InChI=1S/C18H19N5O3/c1-23(2)18-21-15(20-17(19)22-18)10-26-16(24)13-8-9-14(25-3)12-7-5-4-6-11(12)13/h4-9H,10H2,1-3H3,(H2,19,20,21,22). The Balaban J connectivity index is 1.85. The molecular formula is C18H19N5O3. The Morgan fingerprint density at radius 1 is 1.08 bits per heavy atom. The van der Waals surface area contributed by atoms with Gasteiger partial charge in [0, 0.05) is 19.5 Å². The quantitative estimate of drug-likeness (QED) is 0.695. The van der Waals surface area contributed by atoms with Crippen molar-refractivity contribution in [3.05, 3.63) is 47.8 Å². The van der Waals surface area contributed by atoms with Crippen molar-refractivity contribution in [1.82, 2.24) is 15.0 Å². The Hall–Kier alpha value is -3.42. The zero-order valence-electron chi connectivity index (χ0n) is 14.8. The highest BCUT2D eigenvalue weighted by Crippen LogP contribution is 2.28. The molecule has 1 heterocycles. The topological polar surface area (TPSA) is 103 Å². The third-order valence-electron chi connectivity index (χ3n) is 3.74. The number of benzene rings is 2. The van der Waals surface area contributed by atoms with Gasteiger partial charge in [-0.1, -0.05) is 24.3 Å². The number of ether oxygens (including phenoxy) is 2. The molecule has 0 aliphatic carbocycles. The fourth-order valence-electron chi connectivity index (χ4n) is 2.52. The zero-order chi connectivity index (χ0) is 18.7. The van der Waals surface area contributed by atoms with Gasteiger partial charge in [0.2, 0.25) is 11.9 Å². The number of nitrogen functional groups attached to an aromatic ring is 1.